The van der Waals surface area contributed by atoms with Crippen LogP contribution < -0.4 is 5.32 Å². The highest BCUT2D eigenvalue weighted by Gasteiger charge is 2.36. The first-order valence-corrected chi connectivity index (χ1v) is 8.69. The second kappa shape index (κ2) is 8.04. The van der Waals surface area contributed by atoms with Gasteiger partial charge in [-0.05, 0) is 24.6 Å². The molecule has 2 aromatic heterocycles. The summed E-state index contributed by atoms with van der Waals surface area (Å²) >= 11 is 6.00. The predicted molar refractivity (Wildman–Crippen MR) is 102 cm³/mol. The van der Waals surface area contributed by atoms with Crippen molar-refractivity contribution in [2.24, 2.45) is 0 Å². The number of anilines is 1. The van der Waals surface area contributed by atoms with Gasteiger partial charge in [0.05, 0.1) is 21.2 Å². The van der Waals surface area contributed by atoms with Gasteiger partial charge in [0.2, 0.25) is 0 Å². The maximum atomic E-state index is 13.2. The summed E-state index contributed by atoms with van der Waals surface area (Å²) in [6, 6.07) is 7.08. The Balaban J connectivity index is 2.11. The van der Waals surface area contributed by atoms with Crippen molar-refractivity contribution in [3.8, 4) is 11.9 Å². The maximum absolute atomic E-state index is 13.2. The topological polar surface area (TPSA) is 127 Å². The van der Waals surface area contributed by atoms with Crippen molar-refractivity contribution in [3.63, 3.8) is 0 Å². The van der Waals surface area contributed by atoms with E-state index in [0.717, 1.165) is 12.1 Å². The fourth-order valence-electron chi connectivity index (χ4n) is 2.68. The summed E-state index contributed by atoms with van der Waals surface area (Å²) in [5, 5.41) is 25.9. The van der Waals surface area contributed by atoms with E-state index in [0.29, 0.717) is 10.7 Å². The Morgan fingerprint density at radius 1 is 1.35 bits per heavy atom. The number of carbonyl (C=O) groups is 1. The van der Waals surface area contributed by atoms with E-state index >= 15 is 0 Å². The highest BCUT2D eigenvalue weighted by Crippen LogP contribution is 2.31. The first kappa shape index (κ1) is 21.7. The number of amides is 1. The summed E-state index contributed by atoms with van der Waals surface area (Å²) < 4.78 is 40.3. The van der Waals surface area contributed by atoms with Crippen LogP contribution in [-0.4, -0.2) is 25.6 Å². The Hall–Kier alpha value is -3.98. The van der Waals surface area contributed by atoms with Crippen LogP contribution in [-0.2, 0) is 6.18 Å². The van der Waals surface area contributed by atoms with Gasteiger partial charge in [-0.2, -0.15) is 23.5 Å². The molecular weight excluding hydrogens is 441 g/mol. The third-order valence-corrected chi connectivity index (χ3v) is 4.36. The number of non-ortho nitro benzene ring substituents is 1. The number of hydrogen-bond acceptors (Lipinski definition) is 6. The number of halogens is 4. The number of hydrogen-bond donors (Lipinski definition) is 1. The number of rotatable bonds is 4. The summed E-state index contributed by atoms with van der Waals surface area (Å²) in [5.74, 6) is -1.27. The Morgan fingerprint density at radius 3 is 2.65 bits per heavy atom. The lowest BCUT2D eigenvalue weighted by atomic mass is 10.1. The SMILES string of the molecule is Cc1cc([N+](=O)[O-])cc(C#N)c1NC(=O)c1cc(C(F)(F)F)nn1-c1ncccc1Cl. The van der Waals surface area contributed by atoms with Gasteiger partial charge in [0.15, 0.2) is 11.5 Å². The minimum Gasteiger partial charge on any atom is -0.319 e. The Kier molecular flexibility index (Phi) is 5.63. The molecule has 1 aromatic carbocycles. The van der Waals surface area contributed by atoms with E-state index in [2.05, 4.69) is 15.4 Å². The van der Waals surface area contributed by atoms with Crippen LogP contribution in [0, 0.1) is 28.4 Å². The van der Waals surface area contributed by atoms with Crippen molar-refractivity contribution in [1.29, 1.82) is 5.26 Å². The molecule has 0 saturated heterocycles. The molecule has 9 nitrogen and oxygen atoms in total. The second-order valence-corrected chi connectivity index (χ2v) is 6.55. The molecule has 0 spiro atoms. The highest BCUT2D eigenvalue weighted by atomic mass is 35.5. The molecule has 13 heteroatoms. The van der Waals surface area contributed by atoms with Crippen molar-refractivity contribution < 1.29 is 22.9 Å². The number of nitrogens with zero attached hydrogens (tertiary/aromatic N) is 5. The van der Waals surface area contributed by atoms with Gasteiger partial charge in [-0.3, -0.25) is 14.9 Å². The molecule has 0 radical (unpaired) electrons. The second-order valence-electron chi connectivity index (χ2n) is 6.14. The first-order chi connectivity index (χ1) is 14.5. The zero-order chi connectivity index (χ0) is 22.9. The summed E-state index contributed by atoms with van der Waals surface area (Å²) in [6.07, 6.45) is -3.60. The number of aryl methyl sites for hydroxylation is 1. The zero-order valence-electron chi connectivity index (χ0n) is 15.4. The zero-order valence-corrected chi connectivity index (χ0v) is 16.2. The molecule has 0 unspecified atom stereocenters. The molecule has 158 valence electrons. The van der Waals surface area contributed by atoms with Crippen LogP contribution in [0.3, 0.4) is 0 Å². The van der Waals surface area contributed by atoms with E-state index in [9.17, 15) is 33.3 Å². The van der Waals surface area contributed by atoms with E-state index in [-0.39, 0.29) is 33.3 Å². The molecule has 0 aliphatic heterocycles. The average molecular weight is 451 g/mol. The quantitative estimate of drug-likeness (QED) is 0.467. The van der Waals surface area contributed by atoms with Gasteiger partial charge < -0.3 is 5.32 Å². The molecule has 1 amide bonds. The third kappa shape index (κ3) is 4.31. The normalized spacial score (nSPS) is 11.1. The van der Waals surface area contributed by atoms with Crippen molar-refractivity contribution in [2.75, 3.05) is 5.32 Å². The number of nitriles is 1. The van der Waals surface area contributed by atoms with Gasteiger partial charge >= 0.3 is 6.18 Å². The van der Waals surface area contributed by atoms with E-state index in [1.807, 2.05) is 0 Å². The molecule has 0 saturated carbocycles. The minimum absolute atomic E-state index is 0.0578. The number of pyridine rings is 1. The van der Waals surface area contributed by atoms with E-state index < -0.39 is 28.4 Å². The number of nitro groups is 1. The van der Waals surface area contributed by atoms with Crippen LogP contribution in [0.25, 0.3) is 5.82 Å². The van der Waals surface area contributed by atoms with Gasteiger partial charge in [0, 0.05) is 24.4 Å². The molecule has 3 rings (SSSR count). The number of carbonyl (C=O) groups excluding carboxylic acids is 1. The molecule has 1 N–H and O–H groups in total. The fourth-order valence-corrected chi connectivity index (χ4v) is 2.88. The number of nitrogens with one attached hydrogen (secondary N) is 1. The van der Waals surface area contributed by atoms with Crippen LogP contribution in [0.4, 0.5) is 24.5 Å². The van der Waals surface area contributed by atoms with Gasteiger partial charge in [-0.25, -0.2) is 9.67 Å². The smallest absolute Gasteiger partial charge is 0.319 e. The van der Waals surface area contributed by atoms with Crippen LogP contribution in [0.1, 0.15) is 27.3 Å². The highest BCUT2D eigenvalue weighted by molar-refractivity contribution is 6.32. The first-order valence-electron chi connectivity index (χ1n) is 8.31. The van der Waals surface area contributed by atoms with E-state index in [1.165, 1.54) is 25.3 Å². The maximum Gasteiger partial charge on any atom is 0.435 e. The average Bonchev–Trinajstić information content (AvgIpc) is 3.15. The lowest BCUT2D eigenvalue weighted by molar-refractivity contribution is -0.384. The molecule has 0 bridgehead atoms. The van der Waals surface area contributed by atoms with E-state index in [4.69, 9.17) is 11.6 Å². The van der Waals surface area contributed by atoms with Gasteiger partial charge in [-0.1, -0.05) is 11.6 Å². The summed E-state index contributed by atoms with van der Waals surface area (Å²) in [4.78, 5) is 27.0. The van der Waals surface area contributed by atoms with Crippen molar-refractivity contribution in [1.82, 2.24) is 14.8 Å². The molecule has 0 atom stereocenters. The molecule has 0 aliphatic rings. The molecule has 0 fully saturated rings. The predicted octanol–water partition coefficient (Wildman–Crippen LogP) is 4.28. The third-order valence-electron chi connectivity index (χ3n) is 4.06. The Labute approximate surface area is 176 Å². The largest absolute Gasteiger partial charge is 0.435 e. The molecule has 0 aliphatic carbocycles. The molecule has 31 heavy (non-hydrogen) atoms. The molecular formula is C18H10ClF3N6O3. The molecule has 3 aromatic rings. The van der Waals surface area contributed by atoms with Gasteiger partial charge in [0.25, 0.3) is 11.6 Å². The van der Waals surface area contributed by atoms with Crippen molar-refractivity contribution in [2.45, 2.75) is 13.1 Å². The van der Waals surface area contributed by atoms with Crippen LogP contribution in [0.2, 0.25) is 5.02 Å². The van der Waals surface area contributed by atoms with Gasteiger partial charge in [0.1, 0.15) is 11.8 Å². The van der Waals surface area contributed by atoms with Crippen molar-refractivity contribution in [3.05, 3.63) is 74.2 Å². The number of alkyl halides is 3. The van der Waals surface area contributed by atoms with Crippen LogP contribution in [0.5, 0.6) is 0 Å². The number of nitro benzene ring substituents is 1. The monoisotopic (exact) mass is 450 g/mol. The van der Waals surface area contributed by atoms with Crippen LogP contribution in [0.15, 0.2) is 36.5 Å². The van der Waals surface area contributed by atoms with Crippen LogP contribution >= 0.6 is 11.6 Å². The fraction of sp³-hybridized carbons (Fsp3) is 0.111. The lowest BCUT2D eigenvalue weighted by Crippen LogP contribution is -2.19. The number of benzene rings is 1. The minimum atomic E-state index is -4.86. The standard InChI is InChI=1S/C18H10ClF3N6O3/c1-9-5-11(28(30)31)6-10(8-23)15(9)25-17(29)13-7-14(18(20,21)22)26-27(13)16-12(19)3-2-4-24-16/h2-7H,1H3,(H,25,29). The number of aromatic nitrogens is 3. The summed E-state index contributed by atoms with van der Waals surface area (Å²) in [6.45, 7) is 1.40. The van der Waals surface area contributed by atoms with E-state index in [1.54, 1.807) is 6.07 Å². The Morgan fingerprint density at radius 2 is 2.06 bits per heavy atom. The summed E-state index contributed by atoms with van der Waals surface area (Å²) in [5.41, 5.74) is -2.46. The lowest BCUT2D eigenvalue weighted by Gasteiger charge is -2.12. The van der Waals surface area contributed by atoms with Crippen molar-refractivity contribution >= 4 is 28.9 Å². The van der Waals surface area contributed by atoms with Gasteiger partial charge in [-0.15, -0.1) is 0 Å². The summed E-state index contributed by atoms with van der Waals surface area (Å²) in [7, 11) is 0. The molecule has 2 heterocycles. The Bertz CT molecular complexity index is 1250.